The summed E-state index contributed by atoms with van der Waals surface area (Å²) in [7, 11) is 0. The molecule has 4 rings (SSSR count). The van der Waals surface area contributed by atoms with Crippen LogP contribution < -0.4 is 10.6 Å². The van der Waals surface area contributed by atoms with Crippen molar-refractivity contribution in [2.45, 2.75) is 63.8 Å². The van der Waals surface area contributed by atoms with Crippen molar-refractivity contribution in [3.8, 4) is 11.1 Å². The molecule has 2 amide bonds. The van der Waals surface area contributed by atoms with Gasteiger partial charge in [-0.05, 0) is 56.4 Å². The van der Waals surface area contributed by atoms with Gasteiger partial charge in [0.05, 0.1) is 30.7 Å². The Hall–Kier alpha value is -3.59. The molecule has 198 valence electrons. The first-order valence-electron chi connectivity index (χ1n) is 12.5. The molecule has 1 saturated carbocycles. The number of rotatable bonds is 6. The molecule has 1 fully saturated rings. The van der Waals surface area contributed by atoms with Crippen LogP contribution in [0.25, 0.3) is 11.1 Å². The Morgan fingerprint density at radius 3 is 2.08 bits per heavy atom. The van der Waals surface area contributed by atoms with Crippen LogP contribution in [-0.2, 0) is 19.0 Å². The first-order chi connectivity index (χ1) is 17.6. The van der Waals surface area contributed by atoms with Crippen molar-refractivity contribution in [1.29, 1.82) is 0 Å². The molecule has 0 unspecified atom stereocenters. The molecule has 2 aliphatic carbocycles. The molecule has 4 atom stereocenters. The van der Waals surface area contributed by atoms with Crippen molar-refractivity contribution in [1.82, 2.24) is 10.6 Å². The molecule has 0 aromatic heterocycles. The van der Waals surface area contributed by atoms with Gasteiger partial charge in [0.2, 0.25) is 0 Å². The van der Waals surface area contributed by atoms with Crippen molar-refractivity contribution >= 4 is 18.2 Å². The smallest absolute Gasteiger partial charge is 0.407 e. The lowest BCUT2D eigenvalue weighted by Gasteiger charge is -2.26. The maximum atomic E-state index is 12.8. The van der Waals surface area contributed by atoms with Crippen molar-refractivity contribution in [3.05, 3.63) is 59.7 Å². The van der Waals surface area contributed by atoms with Crippen LogP contribution in [0.2, 0.25) is 0 Å². The van der Waals surface area contributed by atoms with E-state index in [-0.39, 0.29) is 25.6 Å². The molecule has 9 heteroatoms. The average Bonchev–Trinajstić information content (AvgIpc) is 3.32. The molecule has 0 radical (unpaired) electrons. The van der Waals surface area contributed by atoms with Gasteiger partial charge in [0, 0.05) is 5.92 Å². The van der Waals surface area contributed by atoms with Crippen LogP contribution in [0.4, 0.5) is 9.59 Å². The van der Waals surface area contributed by atoms with E-state index >= 15 is 0 Å². The number of ether oxygens (including phenoxy) is 3. The zero-order valence-electron chi connectivity index (χ0n) is 21.5. The van der Waals surface area contributed by atoms with Crippen molar-refractivity contribution in [2.24, 2.45) is 5.92 Å². The lowest BCUT2D eigenvalue weighted by Crippen LogP contribution is -2.51. The maximum Gasteiger partial charge on any atom is 0.407 e. The lowest BCUT2D eigenvalue weighted by molar-refractivity contribution is -0.148. The topological polar surface area (TPSA) is 123 Å². The number of hydrogen-bond acceptors (Lipinski definition) is 7. The fourth-order valence-electron chi connectivity index (χ4n) is 5.11. The van der Waals surface area contributed by atoms with Crippen LogP contribution in [0.3, 0.4) is 0 Å². The molecule has 2 aliphatic rings. The fourth-order valence-corrected chi connectivity index (χ4v) is 5.11. The third kappa shape index (κ3) is 5.88. The molecular formula is C28H34N2O7. The summed E-state index contributed by atoms with van der Waals surface area (Å²) in [6, 6.07) is 14.2. The monoisotopic (exact) mass is 510 g/mol. The summed E-state index contributed by atoms with van der Waals surface area (Å²) in [6.45, 7) is 7.07. The molecule has 9 nitrogen and oxygen atoms in total. The second kappa shape index (κ2) is 10.8. The highest BCUT2D eigenvalue weighted by molar-refractivity contribution is 5.79. The van der Waals surface area contributed by atoms with E-state index in [0.29, 0.717) is 0 Å². The van der Waals surface area contributed by atoms with Crippen LogP contribution in [0.1, 0.15) is 51.2 Å². The van der Waals surface area contributed by atoms with Gasteiger partial charge in [-0.3, -0.25) is 4.79 Å². The number of aliphatic hydroxyl groups is 1. The number of fused-ring (bicyclic) bond motifs is 3. The standard InChI is InChI=1S/C28H34N2O7/c1-5-35-25(32)20-14-22(24(31)23(20)30-27(34)37-28(2,3)4)29-26(33)36-15-21-18-12-8-6-10-16(18)17-11-7-9-13-19(17)21/h6-13,20-24,31H,5,14-15H2,1-4H3,(H,29,33)(H,30,34)/t20-,22-,23+,24+/m0/s1. The molecule has 3 N–H and O–H groups in total. The molecule has 0 spiro atoms. The number of hydrogen-bond donors (Lipinski definition) is 3. The van der Waals surface area contributed by atoms with Crippen molar-refractivity contribution in [2.75, 3.05) is 13.2 Å². The van der Waals surface area contributed by atoms with E-state index in [2.05, 4.69) is 22.8 Å². The molecule has 0 aliphatic heterocycles. The Morgan fingerprint density at radius 1 is 0.919 bits per heavy atom. The number of benzene rings is 2. The normalized spacial score (nSPS) is 22.5. The SMILES string of the molecule is CCOC(=O)[C@H]1C[C@H](NC(=O)OCC2c3ccccc3-c3ccccc32)[C@@H](O)[C@@H]1NC(=O)OC(C)(C)C. The molecule has 2 aromatic rings. The highest BCUT2D eigenvalue weighted by atomic mass is 16.6. The number of carbonyl (C=O) groups excluding carboxylic acids is 3. The van der Waals surface area contributed by atoms with Gasteiger partial charge in [-0.15, -0.1) is 0 Å². The van der Waals surface area contributed by atoms with Crippen LogP contribution in [-0.4, -0.2) is 60.3 Å². The Labute approximate surface area is 216 Å². The minimum atomic E-state index is -1.25. The number of alkyl carbamates (subject to hydrolysis) is 2. The fraction of sp³-hybridized carbons (Fsp3) is 0.464. The second-order valence-corrected chi connectivity index (χ2v) is 10.3. The summed E-state index contributed by atoms with van der Waals surface area (Å²) < 4.78 is 16.0. The molecule has 0 saturated heterocycles. The van der Waals surface area contributed by atoms with Gasteiger partial charge in [0.1, 0.15) is 12.2 Å². The molecule has 2 aromatic carbocycles. The van der Waals surface area contributed by atoms with Gasteiger partial charge in [0.15, 0.2) is 0 Å². The zero-order chi connectivity index (χ0) is 26.7. The summed E-state index contributed by atoms with van der Waals surface area (Å²) in [5.41, 5.74) is 3.65. The quantitative estimate of drug-likeness (QED) is 0.400. The van der Waals surface area contributed by atoms with Gasteiger partial charge < -0.3 is 30.0 Å². The second-order valence-electron chi connectivity index (χ2n) is 10.3. The van der Waals surface area contributed by atoms with Gasteiger partial charge in [-0.2, -0.15) is 0 Å². The number of aliphatic hydroxyl groups excluding tert-OH is 1. The maximum absolute atomic E-state index is 12.8. The van der Waals surface area contributed by atoms with Crippen LogP contribution in [0.15, 0.2) is 48.5 Å². The molecule has 37 heavy (non-hydrogen) atoms. The number of amides is 2. The predicted octanol–water partition coefficient (Wildman–Crippen LogP) is 3.73. The van der Waals surface area contributed by atoms with Gasteiger partial charge >= 0.3 is 18.2 Å². The third-order valence-corrected chi connectivity index (χ3v) is 6.64. The summed E-state index contributed by atoms with van der Waals surface area (Å²) in [6.07, 6.45) is -2.66. The van der Waals surface area contributed by atoms with E-state index in [0.717, 1.165) is 22.3 Å². The largest absolute Gasteiger partial charge is 0.466 e. The van der Waals surface area contributed by atoms with Crippen LogP contribution >= 0.6 is 0 Å². The summed E-state index contributed by atoms with van der Waals surface area (Å²) >= 11 is 0. The minimum Gasteiger partial charge on any atom is -0.466 e. The van der Waals surface area contributed by atoms with E-state index in [1.165, 1.54) is 0 Å². The van der Waals surface area contributed by atoms with E-state index in [1.807, 2.05) is 36.4 Å². The third-order valence-electron chi connectivity index (χ3n) is 6.64. The predicted molar refractivity (Wildman–Crippen MR) is 136 cm³/mol. The zero-order valence-corrected chi connectivity index (χ0v) is 21.5. The molecule has 0 heterocycles. The van der Waals surface area contributed by atoms with E-state index in [9.17, 15) is 19.5 Å². The van der Waals surface area contributed by atoms with Gasteiger partial charge in [-0.25, -0.2) is 9.59 Å². The minimum absolute atomic E-state index is 0.0741. The van der Waals surface area contributed by atoms with E-state index in [1.54, 1.807) is 27.7 Å². The van der Waals surface area contributed by atoms with Crippen LogP contribution in [0.5, 0.6) is 0 Å². The molecule has 0 bridgehead atoms. The number of esters is 1. The van der Waals surface area contributed by atoms with E-state index < -0.39 is 47.9 Å². The Morgan fingerprint density at radius 2 is 1.51 bits per heavy atom. The summed E-state index contributed by atoms with van der Waals surface area (Å²) in [4.78, 5) is 37.7. The number of carbonyl (C=O) groups is 3. The van der Waals surface area contributed by atoms with Crippen molar-refractivity contribution < 1.29 is 33.7 Å². The first kappa shape index (κ1) is 26.5. The average molecular weight is 511 g/mol. The van der Waals surface area contributed by atoms with Crippen LogP contribution in [0, 0.1) is 5.92 Å². The molecular weight excluding hydrogens is 476 g/mol. The van der Waals surface area contributed by atoms with E-state index in [4.69, 9.17) is 14.2 Å². The van der Waals surface area contributed by atoms with Crippen molar-refractivity contribution in [3.63, 3.8) is 0 Å². The number of nitrogens with one attached hydrogen (secondary N) is 2. The lowest BCUT2D eigenvalue weighted by atomic mass is 9.98. The van der Waals surface area contributed by atoms with Gasteiger partial charge in [0.25, 0.3) is 0 Å². The van der Waals surface area contributed by atoms with Gasteiger partial charge in [-0.1, -0.05) is 48.5 Å². The Balaban J connectivity index is 1.41. The highest BCUT2D eigenvalue weighted by Gasteiger charge is 2.48. The summed E-state index contributed by atoms with van der Waals surface area (Å²) in [5, 5.41) is 16.2. The Bertz CT molecular complexity index is 1110. The Kier molecular flexibility index (Phi) is 7.73. The highest BCUT2D eigenvalue weighted by Crippen LogP contribution is 2.44. The summed E-state index contributed by atoms with van der Waals surface area (Å²) in [5.74, 6) is -1.54. The first-order valence-corrected chi connectivity index (χ1v) is 12.5.